The lowest BCUT2D eigenvalue weighted by Crippen LogP contribution is -2.57. The summed E-state index contributed by atoms with van der Waals surface area (Å²) >= 11 is 0. The van der Waals surface area contributed by atoms with Gasteiger partial charge in [-0.2, -0.15) is 4.72 Å². The van der Waals surface area contributed by atoms with Crippen LogP contribution < -0.4 is 9.46 Å². The molecule has 0 fully saturated rings. The number of aryl methyl sites for hydroxylation is 1. The van der Waals surface area contributed by atoms with Crippen molar-refractivity contribution in [3.8, 4) is 5.75 Å². The number of Topliss-reactive ketones (excluding diaryl/α,β-unsaturated/α-hetero) is 1. The van der Waals surface area contributed by atoms with Gasteiger partial charge in [0.1, 0.15) is 18.6 Å². The Kier molecular flexibility index (Phi) is 3.52. The summed E-state index contributed by atoms with van der Waals surface area (Å²) in [5.74, 6) is 0.0693. The van der Waals surface area contributed by atoms with E-state index in [1.165, 1.54) is 12.1 Å². The molecule has 6 bridgehead atoms. The average molecular weight is 357 g/mol. The summed E-state index contributed by atoms with van der Waals surface area (Å²) in [5, 5.41) is 0. The van der Waals surface area contributed by atoms with Crippen LogP contribution in [0.2, 0.25) is 0 Å². The molecule has 1 N–H and O–H groups in total. The van der Waals surface area contributed by atoms with Crippen LogP contribution in [0.5, 0.6) is 5.75 Å². The number of aldehydes is 1. The fourth-order valence-corrected chi connectivity index (χ4v) is 4.68. The topological polar surface area (TPSA) is 89.5 Å². The molecule has 6 rings (SSSR count). The van der Waals surface area contributed by atoms with Gasteiger partial charge in [0, 0.05) is 5.56 Å². The SMILES string of the molecule is O=CC12CCc3cc(ccc3C1=O)OCc1cccc(c1)S(=O)(=O)N2. The Morgan fingerprint density at radius 2 is 2.00 bits per heavy atom. The van der Waals surface area contributed by atoms with Crippen LogP contribution in [0.4, 0.5) is 0 Å². The zero-order valence-corrected chi connectivity index (χ0v) is 14.0. The van der Waals surface area contributed by atoms with Crippen LogP contribution in [-0.2, 0) is 27.8 Å². The number of carbonyl (C=O) groups excluding carboxylic acids is 2. The Labute approximate surface area is 144 Å². The molecule has 0 radical (unpaired) electrons. The molecule has 3 aliphatic heterocycles. The van der Waals surface area contributed by atoms with Crippen molar-refractivity contribution in [2.75, 3.05) is 0 Å². The maximum Gasteiger partial charge on any atom is 0.241 e. The summed E-state index contributed by atoms with van der Waals surface area (Å²) in [6.07, 6.45) is 0.881. The van der Waals surface area contributed by atoms with Crippen LogP contribution in [0.1, 0.15) is 27.9 Å². The van der Waals surface area contributed by atoms with Crippen molar-refractivity contribution in [2.24, 2.45) is 0 Å². The molecule has 1 atom stereocenters. The second kappa shape index (κ2) is 5.50. The summed E-state index contributed by atoms with van der Waals surface area (Å²) in [6, 6.07) is 11.3. The zero-order chi connectivity index (χ0) is 17.7. The van der Waals surface area contributed by atoms with Crippen molar-refractivity contribution >= 4 is 22.1 Å². The predicted octanol–water partition coefficient (Wildman–Crippen LogP) is 1.62. The van der Waals surface area contributed by atoms with Gasteiger partial charge in [0.15, 0.2) is 11.3 Å². The standard InChI is InChI=1S/C18H15NO5S/c20-11-18-7-6-13-9-14(4-5-16(13)17(18)21)24-10-12-2-1-3-15(8-12)25(22,23)19-18/h1-5,8-9,11,19H,6-7,10H2. The highest BCUT2D eigenvalue weighted by Gasteiger charge is 2.46. The van der Waals surface area contributed by atoms with E-state index in [1.54, 1.807) is 30.3 Å². The van der Waals surface area contributed by atoms with Gasteiger partial charge in [-0.15, -0.1) is 0 Å². The lowest BCUT2D eigenvalue weighted by atomic mass is 9.78. The minimum Gasteiger partial charge on any atom is -0.489 e. The molecule has 1 unspecified atom stereocenters. The number of fused-ring (bicyclic) bond motifs is 2. The molecule has 25 heavy (non-hydrogen) atoms. The Hall–Kier alpha value is -2.51. The molecule has 4 aliphatic rings. The molecule has 1 aliphatic carbocycles. The molecular formula is C18H15NO5S. The van der Waals surface area contributed by atoms with Gasteiger partial charge in [0.2, 0.25) is 10.0 Å². The highest BCUT2D eigenvalue weighted by atomic mass is 32.2. The molecule has 7 heteroatoms. The van der Waals surface area contributed by atoms with Crippen molar-refractivity contribution in [2.45, 2.75) is 29.9 Å². The number of ketones is 1. The molecule has 0 spiro atoms. The molecule has 0 amide bonds. The number of ether oxygens (including phenoxy) is 1. The molecule has 128 valence electrons. The third kappa shape index (κ3) is 2.56. The molecule has 3 heterocycles. The molecule has 0 aromatic heterocycles. The number of nitrogens with one attached hydrogen (secondary N) is 1. The second-order valence-corrected chi connectivity index (χ2v) is 7.96. The zero-order valence-electron chi connectivity index (χ0n) is 13.2. The third-order valence-electron chi connectivity index (χ3n) is 4.65. The van der Waals surface area contributed by atoms with E-state index in [-0.39, 0.29) is 17.9 Å². The van der Waals surface area contributed by atoms with Gasteiger partial charge in [0.25, 0.3) is 0 Å². The molecular weight excluding hydrogens is 342 g/mol. The van der Waals surface area contributed by atoms with Crippen LogP contribution in [0.15, 0.2) is 47.4 Å². The number of rotatable bonds is 1. The highest BCUT2D eigenvalue weighted by Crippen LogP contribution is 2.32. The molecule has 0 saturated heterocycles. The van der Waals surface area contributed by atoms with Gasteiger partial charge in [-0.3, -0.25) is 4.79 Å². The maximum absolute atomic E-state index is 12.9. The Morgan fingerprint density at radius 1 is 1.16 bits per heavy atom. The van der Waals surface area contributed by atoms with Crippen molar-refractivity contribution < 1.29 is 22.7 Å². The van der Waals surface area contributed by atoms with E-state index in [0.29, 0.717) is 29.6 Å². The summed E-state index contributed by atoms with van der Waals surface area (Å²) < 4.78 is 33.6. The number of hydrogen-bond acceptors (Lipinski definition) is 5. The summed E-state index contributed by atoms with van der Waals surface area (Å²) in [5.41, 5.74) is -0.00217. The molecule has 0 saturated carbocycles. The van der Waals surface area contributed by atoms with Crippen molar-refractivity contribution in [3.63, 3.8) is 0 Å². The normalized spacial score (nSPS) is 23.9. The van der Waals surface area contributed by atoms with E-state index >= 15 is 0 Å². The number of benzene rings is 2. The second-order valence-electron chi connectivity index (χ2n) is 6.28. The van der Waals surface area contributed by atoms with E-state index in [1.807, 2.05) is 0 Å². The van der Waals surface area contributed by atoms with Crippen molar-refractivity contribution in [1.29, 1.82) is 0 Å². The van der Waals surface area contributed by atoms with Gasteiger partial charge >= 0.3 is 0 Å². The minimum absolute atomic E-state index is 0.00376. The minimum atomic E-state index is -4.04. The monoisotopic (exact) mass is 357 g/mol. The van der Waals surface area contributed by atoms with Gasteiger partial charge in [-0.25, -0.2) is 8.42 Å². The first-order valence-electron chi connectivity index (χ1n) is 7.83. The van der Waals surface area contributed by atoms with Crippen molar-refractivity contribution in [1.82, 2.24) is 4.72 Å². The largest absolute Gasteiger partial charge is 0.489 e. The summed E-state index contributed by atoms with van der Waals surface area (Å²) in [7, 11) is -4.04. The van der Waals surface area contributed by atoms with E-state index in [9.17, 15) is 18.0 Å². The van der Waals surface area contributed by atoms with E-state index in [4.69, 9.17) is 4.74 Å². The first kappa shape index (κ1) is 16.0. The first-order chi connectivity index (χ1) is 11.9. The number of sulfonamides is 1. The smallest absolute Gasteiger partial charge is 0.241 e. The first-order valence-corrected chi connectivity index (χ1v) is 9.32. The number of hydrogen-bond donors (Lipinski definition) is 1. The average Bonchev–Trinajstić information content (AvgIpc) is 2.62. The van der Waals surface area contributed by atoms with Gasteiger partial charge in [0.05, 0.1) is 4.90 Å². The van der Waals surface area contributed by atoms with Crippen LogP contribution >= 0.6 is 0 Å². The fourth-order valence-electron chi connectivity index (χ4n) is 3.28. The van der Waals surface area contributed by atoms with Crippen LogP contribution in [0.3, 0.4) is 0 Å². The fraction of sp³-hybridized carbons (Fsp3) is 0.222. The number of carbonyl (C=O) groups is 2. The van der Waals surface area contributed by atoms with Crippen LogP contribution in [0, 0.1) is 0 Å². The van der Waals surface area contributed by atoms with Crippen LogP contribution in [-0.4, -0.2) is 26.0 Å². The Balaban J connectivity index is 1.95. The predicted molar refractivity (Wildman–Crippen MR) is 89.0 cm³/mol. The quantitative estimate of drug-likeness (QED) is 0.619. The molecule has 2 aromatic rings. The van der Waals surface area contributed by atoms with Crippen molar-refractivity contribution in [3.05, 3.63) is 59.2 Å². The lowest BCUT2D eigenvalue weighted by molar-refractivity contribution is -0.111. The molecule has 6 nitrogen and oxygen atoms in total. The lowest BCUT2D eigenvalue weighted by Gasteiger charge is -2.32. The van der Waals surface area contributed by atoms with Gasteiger partial charge in [-0.05, 0) is 54.3 Å². The van der Waals surface area contributed by atoms with E-state index in [2.05, 4.69) is 4.72 Å². The highest BCUT2D eigenvalue weighted by molar-refractivity contribution is 7.89. The Bertz CT molecular complexity index is 998. The molecule has 2 aromatic carbocycles. The summed E-state index contributed by atoms with van der Waals surface area (Å²) in [4.78, 5) is 24.7. The third-order valence-corrected chi connectivity index (χ3v) is 6.15. The van der Waals surface area contributed by atoms with Gasteiger partial charge in [-0.1, -0.05) is 12.1 Å². The Morgan fingerprint density at radius 3 is 2.80 bits per heavy atom. The summed E-state index contributed by atoms with van der Waals surface area (Å²) in [6.45, 7) is 0.203. The van der Waals surface area contributed by atoms with E-state index in [0.717, 1.165) is 5.56 Å². The van der Waals surface area contributed by atoms with Crippen LogP contribution in [0.25, 0.3) is 0 Å². The van der Waals surface area contributed by atoms with E-state index < -0.39 is 21.3 Å². The maximum atomic E-state index is 12.9. The van der Waals surface area contributed by atoms with Gasteiger partial charge < -0.3 is 9.53 Å².